The molecule has 0 bridgehead atoms. The van der Waals surface area contributed by atoms with E-state index in [9.17, 15) is 0 Å². The van der Waals surface area contributed by atoms with Crippen LogP contribution in [0.5, 0.6) is 0 Å². The smallest absolute Gasteiger partial charge is 0.154 e. The second kappa shape index (κ2) is 8.88. The molecule has 2 N–H and O–H groups in total. The Balaban J connectivity index is 0.00000240. The molecule has 1 aliphatic heterocycles. The Morgan fingerprint density at radius 2 is 1.97 bits per heavy atom. The molecule has 1 atom stereocenters. The van der Waals surface area contributed by atoms with E-state index < -0.39 is 0 Å². The van der Waals surface area contributed by atoms with E-state index in [-0.39, 0.29) is 28.4 Å². The second-order valence-electron chi connectivity index (χ2n) is 8.32. The lowest BCUT2D eigenvalue weighted by atomic mass is 9.78. The van der Waals surface area contributed by atoms with Crippen molar-refractivity contribution in [3.8, 4) is 0 Å². The summed E-state index contributed by atoms with van der Waals surface area (Å²) < 4.78 is 0. The molecule has 1 aromatic heterocycles. The third-order valence-electron chi connectivity index (χ3n) is 5.11. The largest absolute Gasteiger partial charge is 0.371 e. The fraction of sp³-hybridized carbons (Fsp3) is 0.409. The highest BCUT2D eigenvalue weighted by Crippen LogP contribution is 2.49. The second-order valence-corrected chi connectivity index (χ2v) is 9.32. The predicted octanol–water partition coefficient (Wildman–Crippen LogP) is 5.72. The van der Waals surface area contributed by atoms with Gasteiger partial charge < -0.3 is 10.6 Å². The van der Waals surface area contributed by atoms with Gasteiger partial charge >= 0.3 is 0 Å². The minimum Gasteiger partial charge on any atom is -0.371 e. The summed E-state index contributed by atoms with van der Waals surface area (Å²) in [6.07, 6.45) is 4.55. The Morgan fingerprint density at radius 3 is 2.69 bits per heavy atom. The van der Waals surface area contributed by atoms with E-state index in [1.54, 1.807) is 18.1 Å². The molecule has 0 fully saturated rings. The minimum atomic E-state index is 0. The Kier molecular flexibility index (Phi) is 6.69. The molecule has 0 amide bonds. The number of anilines is 2. The summed E-state index contributed by atoms with van der Waals surface area (Å²) in [7, 11) is 1.89. The van der Waals surface area contributed by atoms with Gasteiger partial charge in [0, 0.05) is 12.7 Å². The number of nitrogens with one attached hydrogen (secondary N) is 2. The zero-order valence-corrected chi connectivity index (χ0v) is 19.9. The van der Waals surface area contributed by atoms with Crippen LogP contribution in [0.1, 0.15) is 39.2 Å². The fourth-order valence-corrected chi connectivity index (χ4v) is 4.95. The summed E-state index contributed by atoms with van der Waals surface area (Å²) in [5.74, 6) is 0.836. The number of nitrogens with zero attached hydrogens (tertiary/aromatic N) is 3. The molecule has 2 aliphatic rings. The van der Waals surface area contributed by atoms with Crippen molar-refractivity contribution in [2.45, 2.75) is 51.1 Å². The first-order valence-corrected chi connectivity index (χ1v) is 10.6. The van der Waals surface area contributed by atoms with E-state index >= 15 is 0 Å². The van der Waals surface area contributed by atoms with Gasteiger partial charge in [-0.2, -0.15) is 0 Å². The molecule has 2 aromatic rings. The van der Waals surface area contributed by atoms with Crippen LogP contribution < -0.4 is 10.6 Å². The first-order valence-electron chi connectivity index (χ1n) is 9.77. The van der Waals surface area contributed by atoms with Crippen molar-refractivity contribution in [3.63, 3.8) is 0 Å². The van der Waals surface area contributed by atoms with Crippen LogP contribution in [0.4, 0.5) is 11.5 Å². The lowest BCUT2D eigenvalue weighted by Crippen LogP contribution is -2.30. The summed E-state index contributed by atoms with van der Waals surface area (Å²) in [6.45, 7) is 6.84. The van der Waals surface area contributed by atoms with Gasteiger partial charge in [-0.25, -0.2) is 9.97 Å². The van der Waals surface area contributed by atoms with Gasteiger partial charge in [0.05, 0.1) is 16.7 Å². The molecule has 154 valence electrons. The molecule has 1 unspecified atom stereocenters. The number of hydrogen-bond acceptors (Lipinski definition) is 6. The van der Waals surface area contributed by atoms with E-state index in [0.717, 1.165) is 35.8 Å². The average Bonchev–Trinajstić information content (AvgIpc) is 2.66. The number of fused-ring (bicyclic) bond motifs is 1. The number of rotatable bonds is 4. The maximum Gasteiger partial charge on any atom is 0.154 e. The molecular weight excluding hydrogens is 446 g/mol. The topological polar surface area (TPSA) is 62.2 Å². The molecule has 2 heterocycles. The van der Waals surface area contributed by atoms with Crippen molar-refractivity contribution >= 4 is 46.0 Å². The van der Waals surface area contributed by atoms with Crippen LogP contribution in [0.3, 0.4) is 0 Å². The first kappa shape index (κ1) is 21.8. The monoisotopic (exact) mass is 473 g/mol. The van der Waals surface area contributed by atoms with Gasteiger partial charge in [0.1, 0.15) is 17.0 Å². The van der Waals surface area contributed by atoms with Crippen molar-refractivity contribution in [1.82, 2.24) is 9.97 Å². The molecule has 5 nitrogen and oxygen atoms in total. The standard InChI is InChI=1S/C22H27N5S.BrH/c1-14(10-15-8-6-5-7-9-15)26-16-11-22(2,3)12-17-19(16)28-21-18(27-17)20(23-4)24-13-25-21;/h5-9,13-14,27H,10-12H2,1-4H3,(H,23,24,25);1H. The van der Waals surface area contributed by atoms with Gasteiger partial charge in [-0.1, -0.05) is 55.9 Å². The van der Waals surface area contributed by atoms with Crippen molar-refractivity contribution in [1.29, 1.82) is 0 Å². The predicted molar refractivity (Wildman–Crippen MR) is 128 cm³/mol. The van der Waals surface area contributed by atoms with Gasteiger partial charge in [-0.05, 0) is 37.2 Å². The number of thioether (sulfide) groups is 1. The Morgan fingerprint density at radius 1 is 1.21 bits per heavy atom. The lowest BCUT2D eigenvalue weighted by molar-refractivity contribution is 0.372. The van der Waals surface area contributed by atoms with E-state index in [1.165, 1.54) is 21.9 Å². The molecule has 0 saturated carbocycles. The highest BCUT2D eigenvalue weighted by molar-refractivity contribution is 8.93. The molecule has 0 saturated heterocycles. The Hall–Kier alpha value is -1.86. The van der Waals surface area contributed by atoms with E-state index in [0.29, 0.717) is 0 Å². The number of aromatic nitrogens is 2. The van der Waals surface area contributed by atoms with Crippen LogP contribution in [0.2, 0.25) is 0 Å². The maximum absolute atomic E-state index is 5.17. The van der Waals surface area contributed by atoms with Crippen molar-refractivity contribution in [3.05, 3.63) is 52.8 Å². The minimum absolute atomic E-state index is 0. The molecule has 0 spiro atoms. The van der Waals surface area contributed by atoms with Crippen LogP contribution in [-0.4, -0.2) is 28.8 Å². The average molecular weight is 474 g/mol. The van der Waals surface area contributed by atoms with Gasteiger partial charge in [0.15, 0.2) is 5.82 Å². The summed E-state index contributed by atoms with van der Waals surface area (Å²) in [6, 6.07) is 10.8. The van der Waals surface area contributed by atoms with Crippen molar-refractivity contribution in [2.24, 2.45) is 10.4 Å². The first-order chi connectivity index (χ1) is 13.4. The van der Waals surface area contributed by atoms with Gasteiger partial charge in [0.25, 0.3) is 0 Å². The third-order valence-corrected chi connectivity index (χ3v) is 6.30. The normalized spacial score (nSPS) is 19.5. The summed E-state index contributed by atoms with van der Waals surface area (Å²) in [5.41, 5.74) is 4.91. The van der Waals surface area contributed by atoms with Gasteiger partial charge in [0.2, 0.25) is 0 Å². The number of allylic oxidation sites excluding steroid dienone is 2. The molecule has 1 aliphatic carbocycles. The van der Waals surface area contributed by atoms with E-state index in [2.05, 4.69) is 71.7 Å². The Bertz CT molecular complexity index is 939. The van der Waals surface area contributed by atoms with E-state index in [1.807, 2.05) is 7.05 Å². The number of hydrogen-bond donors (Lipinski definition) is 2. The van der Waals surface area contributed by atoms with Gasteiger partial charge in [-0.15, -0.1) is 17.0 Å². The number of halogens is 1. The number of aliphatic imine (C=N–C) groups is 1. The molecule has 29 heavy (non-hydrogen) atoms. The highest BCUT2D eigenvalue weighted by Gasteiger charge is 2.36. The zero-order valence-electron chi connectivity index (χ0n) is 17.3. The molecule has 0 radical (unpaired) electrons. The number of benzene rings is 1. The fourth-order valence-electron chi connectivity index (χ4n) is 3.92. The highest BCUT2D eigenvalue weighted by atomic mass is 79.9. The van der Waals surface area contributed by atoms with Gasteiger partial charge in [-0.3, -0.25) is 4.99 Å². The summed E-state index contributed by atoms with van der Waals surface area (Å²) in [5, 5.41) is 7.74. The quantitative estimate of drug-likeness (QED) is 0.556. The maximum atomic E-state index is 5.17. The van der Waals surface area contributed by atoms with Crippen LogP contribution >= 0.6 is 28.7 Å². The SMILES string of the molecule is Br.CNc1ncnc2c1NC1=C(S2)C(=NC(C)Cc2ccccc2)CC(C)(C)C1. The van der Waals surface area contributed by atoms with Crippen LogP contribution in [0.15, 0.2) is 57.3 Å². The molecule has 1 aromatic carbocycles. The summed E-state index contributed by atoms with van der Waals surface area (Å²) >= 11 is 1.72. The van der Waals surface area contributed by atoms with E-state index in [4.69, 9.17) is 4.99 Å². The van der Waals surface area contributed by atoms with Crippen LogP contribution in [0.25, 0.3) is 0 Å². The van der Waals surface area contributed by atoms with Crippen molar-refractivity contribution in [2.75, 3.05) is 17.7 Å². The molecular formula is C22H28BrN5S. The Labute approximate surface area is 187 Å². The molecule has 7 heteroatoms. The zero-order chi connectivity index (χ0) is 19.7. The lowest BCUT2D eigenvalue weighted by Gasteiger charge is -2.37. The third kappa shape index (κ3) is 4.83. The van der Waals surface area contributed by atoms with Crippen molar-refractivity contribution < 1.29 is 0 Å². The van der Waals surface area contributed by atoms with Crippen LogP contribution in [-0.2, 0) is 6.42 Å². The summed E-state index contributed by atoms with van der Waals surface area (Å²) in [4.78, 5) is 15.3. The molecule has 4 rings (SSSR count). The van der Waals surface area contributed by atoms with Crippen LogP contribution in [0, 0.1) is 5.41 Å².